The number of unbranched alkanes of at least 4 members (excludes halogenated alkanes) is 1. The second-order valence-electron chi connectivity index (χ2n) is 4.72. The summed E-state index contributed by atoms with van der Waals surface area (Å²) in [6.07, 6.45) is 4.89. The summed E-state index contributed by atoms with van der Waals surface area (Å²) in [5.74, 6) is 0. The highest BCUT2D eigenvalue weighted by molar-refractivity contribution is 5.18. The van der Waals surface area contributed by atoms with Crippen molar-refractivity contribution >= 4 is 0 Å². The first-order valence-electron chi connectivity index (χ1n) is 6.66. The Morgan fingerprint density at radius 1 is 1.24 bits per heavy atom. The normalized spacial score (nSPS) is 12.4. The first kappa shape index (κ1) is 14.0. The van der Waals surface area contributed by atoms with Gasteiger partial charge in [0.15, 0.2) is 0 Å². The molecule has 1 rings (SSSR count). The zero-order valence-corrected chi connectivity index (χ0v) is 11.2. The Labute approximate surface area is 106 Å². The average molecular weight is 231 g/mol. The third-order valence-corrected chi connectivity index (χ3v) is 3.00. The van der Waals surface area contributed by atoms with Crippen molar-refractivity contribution < 1.29 is 0 Å². The summed E-state index contributed by atoms with van der Waals surface area (Å²) in [7, 11) is 0. The van der Waals surface area contributed by atoms with Gasteiger partial charge in [0.25, 0.3) is 0 Å². The van der Waals surface area contributed by atoms with E-state index in [9.17, 15) is 0 Å². The van der Waals surface area contributed by atoms with Gasteiger partial charge in [0.1, 0.15) is 0 Å². The second kappa shape index (κ2) is 8.08. The molecule has 0 radical (unpaired) electrons. The standard InChI is InChI=1S/C16H25N/c1-4-17-16(13-9-8-10-14(2)3)15-11-6-5-7-12-15/h5-7,11-12,16-17H,2,4,8-10,13H2,1,3H3. The lowest BCUT2D eigenvalue weighted by Gasteiger charge is -2.18. The van der Waals surface area contributed by atoms with Crippen LogP contribution in [0, 0.1) is 0 Å². The molecule has 0 aliphatic carbocycles. The van der Waals surface area contributed by atoms with Gasteiger partial charge in [-0.05, 0) is 38.3 Å². The molecule has 0 spiro atoms. The minimum Gasteiger partial charge on any atom is -0.310 e. The van der Waals surface area contributed by atoms with Gasteiger partial charge in [-0.15, -0.1) is 6.58 Å². The molecule has 1 heteroatoms. The van der Waals surface area contributed by atoms with Gasteiger partial charge in [0, 0.05) is 6.04 Å². The molecule has 1 N–H and O–H groups in total. The van der Waals surface area contributed by atoms with Crippen LogP contribution in [0.1, 0.15) is 51.1 Å². The van der Waals surface area contributed by atoms with Gasteiger partial charge in [-0.1, -0.05) is 49.2 Å². The maximum Gasteiger partial charge on any atom is 0.0320 e. The summed E-state index contributed by atoms with van der Waals surface area (Å²) in [5.41, 5.74) is 2.70. The monoisotopic (exact) mass is 231 g/mol. The smallest absolute Gasteiger partial charge is 0.0320 e. The van der Waals surface area contributed by atoms with Crippen molar-refractivity contribution in [1.29, 1.82) is 0 Å². The number of rotatable bonds is 8. The maximum absolute atomic E-state index is 3.95. The van der Waals surface area contributed by atoms with E-state index in [0.717, 1.165) is 13.0 Å². The average Bonchev–Trinajstić information content (AvgIpc) is 2.34. The minimum absolute atomic E-state index is 0.506. The Kier molecular flexibility index (Phi) is 6.64. The predicted octanol–water partition coefficient (Wildman–Crippen LogP) is 4.47. The zero-order valence-electron chi connectivity index (χ0n) is 11.2. The molecule has 1 atom stereocenters. The second-order valence-corrected chi connectivity index (χ2v) is 4.72. The molecular weight excluding hydrogens is 206 g/mol. The molecule has 1 nitrogen and oxygen atoms in total. The number of benzene rings is 1. The lowest BCUT2D eigenvalue weighted by molar-refractivity contribution is 0.488. The van der Waals surface area contributed by atoms with Crippen LogP contribution in [0.5, 0.6) is 0 Å². The first-order chi connectivity index (χ1) is 8.24. The van der Waals surface area contributed by atoms with Crippen molar-refractivity contribution in [2.24, 2.45) is 0 Å². The first-order valence-corrected chi connectivity index (χ1v) is 6.66. The van der Waals surface area contributed by atoms with Gasteiger partial charge >= 0.3 is 0 Å². The van der Waals surface area contributed by atoms with E-state index < -0.39 is 0 Å². The Balaban J connectivity index is 2.41. The van der Waals surface area contributed by atoms with Crippen molar-refractivity contribution in [3.05, 3.63) is 48.0 Å². The summed E-state index contributed by atoms with van der Waals surface area (Å²) < 4.78 is 0. The molecule has 1 aromatic carbocycles. The maximum atomic E-state index is 3.95. The molecule has 0 fully saturated rings. The molecule has 0 bridgehead atoms. The van der Waals surface area contributed by atoms with Gasteiger partial charge in [-0.2, -0.15) is 0 Å². The van der Waals surface area contributed by atoms with Crippen LogP contribution in [0.25, 0.3) is 0 Å². The van der Waals surface area contributed by atoms with E-state index in [0.29, 0.717) is 6.04 Å². The van der Waals surface area contributed by atoms with Gasteiger partial charge in [0.2, 0.25) is 0 Å². The Morgan fingerprint density at radius 3 is 2.53 bits per heavy atom. The summed E-state index contributed by atoms with van der Waals surface area (Å²) in [5, 5.41) is 3.56. The van der Waals surface area contributed by atoms with Crippen molar-refractivity contribution in [2.75, 3.05) is 6.54 Å². The molecule has 0 aliphatic heterocycles. The van der Waals surface area contributed by atoms with Crippen LogP contribution in [0.15, 0.2) is 42.5 Å². The van der Waals surface area contributed by atoms with Crippen LogP contribution in [0.4, 0.5) is 0 Å². The van der Waals surface area contributed by atoms with E-state index in [-0.39, 0.29) is 0 Å². The van der Waals surface area contributed by atoms with Gasteiger partial charge in [-0.3, -0.25) is 0 Å². The van der Waals surface area contributed by atoms with Gasteiger partial charge in [-0.25, -0.2) is 0 Å². The molecule has 0 heterocycles. The topological polar surface area (TPSA) is 12.0 Å². The number of hydrogen-bond acceptors (Lipinski definition) is 1. The summed E-state index contributed by atoms with van der Waals surface area (Å²) in [4.78, 5) is 0. The third kappa shape index (κ3) is 5.69. The van der Waals surface area contributed by atoms with Crippen LogP contribution in [-0.2, 0) is 0 Å². The number of nitrogens with one attached hydrogen (secondary N) is 1. The van der Waals surface area contributed by atoms with E-state index in [1.165, 1.54) is 30.4 Å². The van der Waals surface area contributed by atoms with Crippen molar-refractivity contribution in [3.8, 4) is 0 Å². The molecule has 0 aliphatic rings. The van der Waals surface area contributed by atoms with E-state index >= 15 is 0 Å². The Bertz CT molecular complexity index is 316. The lowest BCUT2D eigenvalue weighted by Crippen LogP contribution is -2.20. The van der Waals surface area contributed by atoms with E-state index in [2.05, 4.69) is 56.1 Å². The van der Waals surface area contributed by atoms with Crippen molar-refractivity contribution in [3.63, 3.8) is 0 Å². The molecule has 94 valence electrons. The third-order valence-electron chi connectivity index (χ3n) is 3.00. The van der Waals surface area contributed by atoms with Crippen LogP contribution in [-0.4, -0.2) is 6.54 Å². The SMILES string of the molecule is C=C(C)CCCCC(NCC)c1ccccc1. The number of allylic oxidation sites excluding steroid dienone is 1. The molecule has 1 unspecified atom stereocenters. The fraction of sp³-hybridized carbons (Fsp3) is 0.500. The lowest BCUT2D eigenvalue weighted by atomic mass is 9.99. The minimum atomic E-state index is 0.506. The summed E-state index contributed by atoms with van der Waals surface area (Å²) >= 11 is 0. The molecular formula is C16H25N. The fourth-order valence-electron chi connectivity index (χ4n) is 2.09. The highest BCUT2D eigenvalue weighted by Crippen LogP contribution is 2.20. The van der Waals surface area contributed by atoms with E-state index in [4.69, 9.17) is 0 Å². The van der Waals surface area contributed by atoms with Crippen LogP contribution in [0.3, 0.4) is 0 Å². The molecule has 0 amide bonds. The van der Waals surface area contributed by atoms with Crippen molar-refractivity contribution in [1.82, 2.24) is 5.32 Å². The molecule has 17 heavy (non-hydrogen) atoms. The Morgan fingerprint density at radius 2 is 1.94 bits per heavy atom. The zero-order chi connectivity index (χ0) is 12.5. The van der Waals surface area contributed by atoms with Gasteiger partial charge < -0.3 is 5.32 Å². The highest BCUT2D eigenvalue weighted by Gasteiger charge is 2.08. The molecule has 0 aromatic heterocycles. The van der Waals surface area contributed by atoms with Crippen LogP contribution in [0.2, 0.25) is 0 Å². The van der Waals surface area contributed by atoms with Crippen molar-refractivity contribution in [2.45, 2.75) is 45.6 Å². The fourth-order valence-corrected chi connectivity index (χ4v) is 2.09. The molecule has 0 saturated carbocycles. The number of hydrogen-bond donors (Lipinski definition) is 1. The van der Waals surface area contributed by atoms with Crippen LogP contribution < -0.4 is 5.32 Å². The molecule has 0 saturated heterocycles. The summed E-state index contributed by atoms with van der Waals surface area (Å²) in [6, 6.07) is 11.2. The highest BCUT2D eigenvalue weighted by atomic mass is 14.9. The Hall–Kier alpha value is -1.08. The largest absolute Gasteiger partial charge is 0.310 e. The van der Waals surface area contributed by atoms with Gasteiger partial charge in [0.05, 0.1) is 0 Å². The quantitative estimate of drug-likeness (QED) is 0.514. The van der Waals surface area contributed by atoms with Crippen LogP contribution >= 0.6 is 0 Å². The van der Waals surface area contributed by atoms with E-state index in [1.54, 1.807) is 0 Å². The summed E-state index contributed by atoms with van der Waals surface area (Å²) in [6.45, 7) is 9.26. The predicted molar refractivity (Wildman–Crippen MR) is 76.1 cm³/mol. The molecule has 1 aromatic rings. The van der Waals surface area contributed by atoms with E-state index in [1.807, 2.05) is 0 Å².